The number of hydrogen-bond donors (Lipinski definition) is 1. The Morgan fingerprint density at radius 1 is 1.18 bits per heavy atom. The average molecular weight is 305 g/mol. The van der Waals surface area contributed by atoms with Gasteiger partial charge in [0.05, 0.1) is 5.69 Å². The van der Waals surface area contributed by atoms with E-state index in [1.54, 1.807) is 6.26 Å². The van der Waals surface area contributed by atoms with Crippen LogP contribution in [-0.4, -0.2) is 35.1 Å². The van der Waals surface area contributed by atoms with Gasteiger partial charge >= 0.3 is 0 Å². The predicted octanol–water partition coefficient (Wildman–Crippen LogP) is 2.56. The molecule has 6 heteroatoms. The van der Waals surface area contributed by atoms with E-state index >= 15 is 0 Å². The van der Waals surface area contributed by atoms with E-state index in [1.165, 1.54) is 18.9 Å². The number of fused-ring (bicyclic) bond motifs is 2. The SMILES string of the molecule is Fc1ccc(-c2nc(CN3CC4CCC(C3)N4)co2)cc1F. The molecular formula is C16H17F2N3O. The number of piperazine rings is 1. The Morgan fingerprint density at radius 2 is 1.95 bits per heavy atom. The molecule has 4 rings (SSSR count). The number of likely N-dealkylation sites (tertiary alicyclic amines) is 1. The Labute approximate surface area is 127 Å². The van der Waals surface area contributed by atoms with Gasteiger partial charge in [-0.25, -0.2) is 13.8 Å². The van der Waals surface area contributed by atoms with Gasteiger partial charge in [0.25, 0.3) is 0 Å². The summed E-state index contributed by atoms with van der Waals surface area (Å²) in [4.78, 5) is 6.76. The summed E-state index contributed by atoms with van der Waals surface area (Å²) in [6.45, 7) is 2.76. The van der Waals surface area contributed by atoms with Gasteiger partial charge in [0.2, 0.25) is 5.89 Å². The Balaban J connectivity index is 1.48. The van der Waals surface area contributed by atoms with E-state index in [0.717, 1.165) is 37.5 Å². The maximum Gasteiger partial charge on any atom is 0.226 e. The molecule has 0 aliphatic carbocycles. The number of halogens is 2. The lowest BCUT2D eigenvalue weighted by molar-refractivity contribution is 0.187. The lowest BCUT2D eigenvalue weighted by Gasteiger charge is -2.32. The van der Waals surface area contributed by atoms with Crippen molar-refractivity contribution >= 4 is 0 Å². The van der Waals surface area contributed by atoms with Gasteiger partial charge in [-0.05, 0) is 31.0 Å². The van der Waals surface area contributed by atoms with Crippen molar-refractivity contribution in [2.45, 2.75) is 31.5 Å². The first-order valence-corrected chi connectivity index (χ1v) is 7.55. The topological polar surface area (TPSA) is 41.3 Å². The van der Waals surface area contributed by atoms with Crippen LogP contribution in [0.2, 0.25) is 0 Å². The van der Waals surface area contributed by atoms with Crippen LogP contribution in [0.4, 0.5) is 8.78 Å². The second-order valence-electron chi connectivity index (χ2n) is 6.10. The fourth-order valence-electron chi connectivity index (χ4n) is 3.39. The lowest BCUT2D eigenvalue weighted by atomic mass is 10.2. The molecule has 2 atom stereocenters. The van der Waals surface area contributed by atoms with Crippen molar-refractivity contribution in [1.82, 2.24) is 15.2 Å². The lowest BCUT2D eigenvalue weighted by Crippen LogP contribution is -2.50. The van der Waals surface area contributed by atoms with Gasteiger partial charge in [-0.1, -0.05) is 0 Å². The number of oxazole rings is 1. The Hall–Kier alpha value is -1.79. The first kappa shape index (κ1) is 13.8. The Bertz CT molecular complexity index is 676. The molecule has 116 valence electrons. The van der Waals surface area contributed by atoms with Crippen molar-refractivity contribution in [2.24, 2.45) is 0 Å². The zero-order chi connectivity index (χ0) is 15.1. The molecule has 2 fully saturated rings. The second kappa shape index (κ2) is 5.44. The third-order valence-corrected chi connectivity index (χ3v) is 4.40. The molecule has 4 nitrogen and oxygen atoms in total. The van der Waals surface area contributed by atoms with Crippen LogP contribution < -0.4 is 5.32 Å². The van der Waals surface area contributed by atoms with E-state index in [1.807, 2.05) is 0 Å². The summed E-state index contributed by atoms with van der Waals surface area (Å²) in [5.41, 5.74) is 1.27. The number of aromatic nitrogens is 1. The smallest absolute Gasteiger partial charge is 0.226 e. The molecule has 0 saturated carbocycles. The van der Waals surface area contributed by atoms with Crippen LogP contribution >= 0.6 is 0 Å². The predicted molar refractivity (Wildman–Crippen MR) is 77.1 cm³/mol. The van der Waals surface area contributed by atoms with Gasteiger partial charge < -0.3 is 9.73 Å². The first-order valence-electron chi connectivity index (χ1n) is 7.55. The summed E-state index contributed by atoms with van der Waals surface area (Å²) in [7, 11) is 0. The van der Waals surface area contributed by atoms with Crippen LogP contribution in [0.5, 0.6) is 0 Å². The van der Waals surface area contributed by atoms with Gasteiger partial charge in [0, 0.05) is 37.3 Å². The molecule has 2 aliphatic rings. The maximum absolute atomic E-state index is 13.3. The van der Waals surface area contributed by atoms with Gasteiger partial charge in [-0.15, -0.1) is 0 Å². The van der Waals surface area contributed by atoms with Crippen LogP contribution in [0, 0.1) is 11.6 Å². The monoisotopic (exact) mass is 305 g/mol. The number of nitrogens with zero attached hydrogens (tertiary/aromatic N) is 2. The average Bonchev–Trinajstić information content (AvgIpc) is 3.09. The summed E-state index contributed by atoms with van der Waals surface area (Å²) in [6, 6.07) is 4.82. The fourth-order valence-corrected chi connectivity index (χ4v) is 3.39. The van der Waals surface area contributed by atoms with Crippen molar-refractivity contribution in [3.63, 3.8) is 0 Å². The summed E-state index contributed by atoms with van der Waals surface area (Å²) < 4.78 is 31.7. The fraction of sp³-hybridized carbons (Fsp3) is 0.438. The molecule has 2 aliphatic heterocycles. The molecule has 2 aromatic rings. The number of rotatable bonds is 3. The van der Waals surface area contributed by atoms with Crippen molar-refractivity contribution in [3.8, 4) is 11.5 Å². The van der Waals surface area contributed by atoms with Crippen molar-refractivity contribution < 1.29 is 13.2 Å². The van der Waals surface area contributed by atoms with Crippen molar-refractivity contribution in [1.29, 1.82) is 0 Å². The minimum Gasteiger partial charge on any atom is -0.444 e. The van der Waals surface area contributed by atoms with E-state index in [2.05, 4.69) is 15.2 Å². The van der Waals surface area contributed by atoms with E-state index in [0.29, 0.717) is 23.5 Å². The number of nitrogens with one attached hydrogen (secondary N) is 1. The van der Waals surface area contributed by atoms with Crippen LogP contribution in [0.25, 0.3) is 11.5 Å². The van der Waals surface area contributed by atoms with Crippen molar-refractivity contribution in [3.05, 3.63) is 41.8 Å². The van der Waals surface area contributed by atoms with Gasteiger partial charge in [-0.2, -0.15) is 0 Å². The molecule has 0 spiro atoms. The summed E-state index contributed by atoms with van der Waals surface area (Å²) in [5.74, 6) is -1.44. The highest BCUT2D eigenvalue weighted by atomic mass is 19.2. The van der Waals surface area contributed by atoms with E-state index in [9.17, 15) is 8.78 Å². The molecular weight excluding hydrogens is 288 g/mol. The van der Waals surface area contributed by atoms with Crippen molar-refractivity contribution in [2.75, 3.05) is 13.1 Å². The Morgan fingerprint density at radius 3 is 2.68 bits per heavy atom. The highest BCUT2D eigenvalue weighted by molar-refractivity contribution is 5.53. The van der Waals surface area contributed by atoms with E-state index in [4.69, 9.17) is 4.42 Å². The highest BCUT2D eigenvalue weighted by Crippen LogP contribution is 2.24. The molecule has 2 bridgehead atoms. The number of hydrogen-bond acceptors (Lipinski definition) is 4. The summed E-state index contributed by atoms with van der Waals surface area (Å²) >= 11 is 0. The molecule has 3 heterocycles. The molecule has 1 aromatic carbocycles. The Kier molecular flexibility index (Phi) is 3.43. The van der Waals surface area contributed by atoms with E-state index < -0.39 is 11.6 Å². The standard InChI is InChI=1S/C16H17F2N3O/c17-14-4-1-10(5-15(14)18)16-20-13(9-22-16)8-21-6-11-2-3-12(7-21)19-11/h1,4-5,9,11-12,19H,2-3,6-8H2. The molecule has 22 heavy (non-hydrogen) atoms. The van der Waals surface area contributed by atoms with Gasteiger partial charge in [0.15, 0.2) is 11.6 Å². The molecule has 1 N–H and O–H groups in total. The van der Waals surface area contributed by atoms with Crippen LogP contribution in [-0.2, 0) is 6.54 Å². The van der Waals surface area contributed by atoms with Gasteiger partial charge in [-0.3, -0.25) is 4.90 Å². The van der Waals surface area contributed by atoms with Crippen LogP contribution in [0.15, 0.2) is 28.9 Å². The van der Waals surface area contributed by atoms with Crippen LogP contribution in [0.3, 0.4) is 0 Å². The summed E-state index contributed by atoms with van der Waals surface area (Å²) in [6.07, 6.45) is 4.07. The molecule has 1 aromatic heterocycles. The first-order chi connectivity index (χ1) is 10.7. The van der Waals surface area contributed by atoms with Gasteiger partial charge in [0.1, 0.15) is 6.26 Å². The zero-order valence-electron chi connectivity index (χ0n) is 12.1. The second-order valence-corrected chi connectivity index (χ2v) is 6.10. The molecule has 0 amide bonds. The largest absolute Gasteiger partial charge is 0.444 e. The van der Waals surface area contributed by atoms with Crippen LogP contribution in [0.1, 0.15) is 18.5 Å². The molecule has 2 unspecified atom stereocenters. The zero-order valence-corrected chi connectivity index (χ0v) is 12.1. The molecule has 0 radical (unpaired) electrons. The quantitative estimate of drug-likeness (QED) is 0.946. The normalized spacial score (nSPS) is 24.8. The van der Waals surface area contributed by atoms with E-state index in [-0.39, 0.29) is 0 Å². The molecule has 2 saturated heterocycles. The maximum atomic E-state index is 13.3. The highest BCUT2D eigenvalue weighted by Gasteiger charge is 2.32. The minimum atomic E-state index is -0.893. The third kappa shape index (κ3) is 2.64. The third-order valence-electron chi connectivity index (χ3n) is 4.40. The number of benzene rings is 1. The summed E-state index contributed by atoms with van der Waals surface area (Å²) in [5, 5.41) is 3.59. The minimum absolute atomic E-state index is 0.326.